The number of carbonyl (C=O) groups excluding carboxylic acids is 1. The maximum Gasteiger partial charge on any atom is 0.224 e. The number of rotatable bonds is 5. The largest absolute Gasteiger partial charge is 0.399 e. The van der Waals surface area contributed by atoms with Gasteiger partial charge in [0, 0.05) is 24.3 Å². The van der Waals surface area contributed by atoms with Gasteiger partial charge >= 0.3 is 0 Å². The number of carbonyl (C=O) groups is 1. The maximum atomic E-state index is 11.8. The molecule has 0 aliphatic heterocycles. The summed E-state index contributed by atoms with van der Waals surface area (Å²) in [6.07, 6.45) is 2.76. The van der Waals surface area contributed by atoms with Crippen molar-refractivity contribution in [1.29, 1.82) is 0 Å². The van der Waals surface area contributed by atoms with Gasteiger partial charge in [-0.15, -0.1) is 0 Å². The summed E-state index contributed by atoms with van der Waals surface area (Å²) in [6.45, 7) is 2.58. The highest BCUT2D eigenvalue weighted by Gasteiger charge is 2.06. The first-order valence-electron chi connectivity index (χ1n) is 6.39. The highest BCUT2D eigenvalue weighted by Crippen LogP contribution is 2.14. The number of nitrogen functional groups attached to an aromatic ring is 1. The molecule has 0 saturated carbocycles. The van der Waals surface area contributed by atoms with E-state index in [0.717, 1.165) is 11.4 Å². The van der Waals surface area contributed by atoms with Crippen LogP contribution in [0.4, 0.5) is 11.4 Å². The quantitative estimate of drug-likeness (QED) is 0.832. The molecule has 2 aromatic rings. The third kappa shape index (κ3) is 3.74. The zero-order chi connectivity index (χ0) is 14.5. The summed E-state index contributed by atoms with van der Waals surface area (Å²) in [5.74, 6) is -0.0225. The van der Waals surface area contributed by atoms with Crippen molar-refractivity contribution in [3.05, 3.63) is 41.2 Å². The van der Waals surface area contributed by atoms with Gasteiger partial charge in [-0.2, -0.15) is 5.10 Å². The molecule has 0 aliphatic rings. The molecule has 1 heterocycles. The first-order chi connectivity index (χ1) is 9.56. The Morgan fingerprint density at radius 1 is 1.40 bits per heavy atom. The Morgan fingerprint density at radius 2 is 2.10 bits per heavy atom. The number of nitrogens with two attached hydrogens (primary N) is 1. The van der Waals surface area contributed by atoms with Gasteiger partial charge in [0.05, 0.1) is 16.9 Å². The second-order valence-electron chi connectivity index (χ2n) is 4.57. The number of hydrogen-bond donors (Lipinski definition) is 2. The van der Waals surface area contributed by atoms with Crippen molar-refractivity contribution in [2.45, 2.75) is 26.3 Å². The van der Waals surface area contributed by atoms with Gasteiger partial charge in [0.2, 0.25) is 5.91 Å². The highest BCUT2D eigenvalue weighted by molar-refractivity contribution is 6.31. The number of anilines is 2. The van der Waals surface area contributed by atoms with Crippen molar-refractivity contribution >= 4 is 28.9 Å². The smallest absolute Gasteiger partial charge is 0.224 e. The van der Waals surface area contributed by atoms with Crippen molar-refractivity contribution in [2.75, 3.05) is 11.1 Å². The molecule has 106 valence electrons. The van der Waals surface area contributed by atoms with E-state index in [-0.39, 0.29) is 5.91 Å². The van der Waals surface area contributed by atoms with E-state index in [0.29, 0.717) is 30.1 Å². The fourth-order valence-corrected chi connectivity index (χ4v) is 1.97. The zero-order valence-corrected chi connectivity index (χ0v) is 12.0. The lowest BCUT2D eigenvalue weighted by atomic mass is 10.2. The van der Waals surface area contributed by atoms with E-state index in [9.17, 15) is 4.79 Å². The van der Waals surface area contributed by atoms with Crippen LogP contribution in [0.25, 0.3) is 0 Å². The Morgan fingerprint density at radius 3 is 2.70 bits per heavy atom. The summed E-state index contributed by atoms with van der Waals surface area (Å²) >= 11 is 5.92. The predicted molar refractivity (Wildman–Crippen MR) is 80.7 cm³/mol. The zero-order valence-electron chi connectivity index (χ0n) is 11.3. The highest BCUT2D eigenvalue weighted by atomic mass is 35.5. The third-order valence-corrected chi connectivity index (χ3v) is 3.38. The fraction of sp³-hybridized carbons (Fsp3) is 0.286. The van der Waals surface area contributed by atoms with Crippen LogP contribution < -0.4 is 11.1 Å². The van der Waals surface area contributed by atoms with Gasteiger partial charge in [-0.1, -0.05) is 11.6 Å². The van der Waals surface area contributed by atoms with Crippen molar-refractivity contribution in [2.24, 2.45) is 0 Å². The Hall–Kier alpha value is -2.01. The number of nitrogens with zero attached hydrogens (tertiary/aromatic N) is 2. The average Bonchev–Trinajstić information content (AvgIpc) is 2.73. The van der Waals surface area contributed by atoms with Crippen molar-refractivity contribution in [1.82, 2.24) is 9.78 Å². The van der Waals surface area contributed by atoms with E-state index < -0.39 is 0 Å². The molecule has 1 aromatic carbocycles. The summed E-state index contributed by atoms with van der Waals surface area (Å²) < 4.78 is 1.80. The van der Waals surface area contributed by atoms with Crippen LogP contribution in [0.15, 0.2) is 30.5 Å². The molecule has 0 radical (unpaired) electrons. The Bertz CT molecular complexity index is 592. The number of aryl methyl sites for hydroxylation is 1. The molecule has 0 atom stereocenters. The lowest BCUT2D eigenvalue weighted by Gasteiger charge is -2.06. The van der Waals surface area contributed by atoms with Crippen LogP contribution in [-0.4, -0.2) is 15.7 Å². The van der Waals surface area contributed by atoms with E-state index in [1.165, 1.54) is 0 Å². The number of hydrogen-bond acceptors (Lipinski definition) is 3. The molecule has 1 aromatic heterocycles. The van der Waals surface area contributed by atoms with E-state index >= 15 is 0 Å². The van der Waals surface area contributed by atoms with Crippen LogP contribution >= 0.6 is 11.6 Å². The normalized spacial score (nSPS) is 10.5. The molecule has 1 amide bonds. The molecule has 0 fully saturated rings. The Balaban J connectivity index is 1.78. The van der Waals surface area contributed by atoms with Gasteiger partial charge in [0.25, 0.3) is 0 Å². The molecule has 0 aliphatic carbocycles. The molecule has 2 rings (SSSR count). The number of aromatic nitrogens is 2. The first kappa shape index (κ1) is 14.4. The lowest BCUT2D eigenvalue weighted by molar-refractivity contribution is -0.116. The number of halogens is 1. The number of nitrogens with one attached hydrogen (secondary N) is 1. The standard InChI is InChI=1S/C14H17ClN4O/c1-10-13(15)9-17-19(10)8-2-3-14(20)18-12-6-4-11(16)5-7-12/h4-7,9H,2-3,8,16H2,1H3,(H,18,20). The minimum atomic E-state index is -0.0225. The molecule has 6 heteroatoms. The number of benzene rings is 1. The monoisotopic (exact) mass is 292 g/mol. The van der Waals surface area contributed by atoms with E-state index in [4.69, 9.17) is 17.3 Å². The van der Waals surface area contributed by atoms with Gasteiger partial charge in [0.1, 0.15) is 0 Å². The van der Waals surface area contributed by atoms with E-state index in [2.05, 4.69) is 10.4 Å². The molecule has 5 nitrogen and oxygen atoms in total. The third-order valence-electron chi connectivity index (χ3n) is 3.01. The Kier molecular flexibility index (Phi) is 4.63. The van der Waals surface area contributed by atoms with Gasteiger partial charge in [-0.3, -0.25) is 9.48 Å². The van der Waals surface area contributed by atoms with Crippen LogP contribution in [0.5, 0.6) is 0 Å². The predicted octanol–water partition coefficient (Wildman–Crippen LogP) is 2.85. The summed E-state index contributed by atoms with van der Waals surface area (Å²) in [4.78, 5) is 11.8. The van der Waals surface area contributed by atoms with Gasteiger partial charge in [-0.25, -0.2) is 0 Å². The molecule has 0 saturated heterocycles. The SMILES string of the molecule is Cc1c(Cl)cnn1CCCC(=O)Nc1ccc(N)cc1. The minimum Gasteiger partial charge on any atom is -0.399 e. The molecule has 0 spiro atoms. The molecule has 0 unspecified atom stereocenters. The molecule has 0 bridgehead atoms. The van der Waals surface area contributed by atoms with Crippen LogP contribution in [0.2, 0.25) is 5.02 Å². The van der Waals surface area contributed by atoms with Gasteiger partial charge < -0.3 is 11.1 Å². The maximum absolute atomic E-state index is 11.8. The van der Waals surface area contributed by atoms with Gasteiger partial charge in [-0.05, 0) is 37.6 Å². The average molecular weight is 293 g/mol. The number of amides is 1. The van der Waals surface area contributed by atoms with Crippen LogP contribution in [0.3, 0.4) is 0 Å². The summed E-state index contributed by atoms with van der Waals surface area (Å²) in [7, 11) is 0. The fourth-order valence-electron chi connectivity index (χ4n) is 1.83. The van der Waals surface area contributed by atoms with Gasteiger partial charge in [0.15, 0.2) is 0 Å². The molecular formula is C14H17ClN4O. The van der Waals surface area contributed by atoms with Crippen molar-refractivity contribution < 1.29 is 4.79 Å². The second-order valence-corrected chi connectivity index (χ2v) is 4.98. The first-order valence-corrected chi connectivity index (χ1v) is 6.77. The summed E-state index contributed by atoms with van der Waals surface area (Å²) in [6, 6.07) is 7.07. The van der Waals surface area contributed by atoms with Crippen LogP contribution in [-0.2, 0) is 11.3 Å². The van der Waals surface area contributed by atoms with Crippen molar-refractivity contribution in [3.63, 3.8) is 0 Å². The van der Waals surface area contributed by atoms with E-state index in [1.54, 1.807) is 35.1 Å². The minimum absolute atomic E-state index is 0.0225. The summed E-state index contributed by atoms with van der Waals surface area (Å²) in [5, 5.41) is 7.62. The molecule has 20 heavy (non-hydrogen) atoms. The topological polar surface area (TPSA) is 72.9 Å². The molecule has 3 N–H and O–H groups in total. The lowest BCUT2D eigenvalue weighted by Crippen LogP contribution is -2.13. The molecular weight excluding hydrogens is 276 g/mol. The van der Waals surface area contributed by atoms with Crippen LogP contribution in [0.1, 0.15) is 18.5 Å². The van der Waals surface area contributed by atoms with Crippen molar-refractivity contribution in [3.8, 4) is 0 Å². The second kappa shape index (κ2) is 6.43. The van der Waals surface area contributed by atoms with Crippen LogP contribution in [0, 0.1) is 6.92 Å². The van der Waals surface area contributed by atoms with E-state index in [1.807, 2.05) is 6.92 Å². The summed E-state index contributed by atoms with van der Waals surface area (Å²) in [5.41, 5.74) is 7.93. The Labute approximate surface area is 122 Å².